The van der Waals surface area contributed by atoms with Gasteiger partial charge in [0.15, 0.2) is 5.96 Å². The molecule has 1 saturated heterocycles. The van der Waals surface area contributed by atoms with Crippen LogP contribution >= 0.6 is 39.9 Å². The number of piperidine rings is 1. The number of nitrogens with zero attached hydrogens (tertiary/aromatic N) is 2. The fraction of sp³-hybridized carbons (Fsp3) is 0.500. The Labute approximate surface area is 167 Å². The summed E-state index contributed by atoms with van der Waals surface area (Å²) in [6.45, 7) is 3.61. The number of guanidine groups is 1. The Hall–Kier alpha value is -0.900. The number of hydrogen-bond acceptors (Lipinski definition) is 2. The first-order chi connectivity index (χ1) is 11.0. The van der Waals surface area contributed by atoms with Crippen molar-refractivity contribution in [1.82, 2.24) is 15.5 Å². The van der Waals surface area contributed by atoms with Crippen LogP contribution in [0.2, 0.25) is 0 Å². The Morgan fingerprint density at radius 1 is 1.50 bits per heavy atom. The van der Waals surface area contributed by atoms with Crippen molar-refractivity contribution in [2.75, 3.05) is 20.1 Å². The number of carbonyl (C=O) groups excluding carboxylic acids is 1. The Bertz CT molecular complexity index is 599. The van der Waals surface area contributed by atoms with E-state index < -0.39 is 0 Å². The number of likely N-dealkylation sites (tertiary alicyclic amines) is 1. The highest BCUT2D eigenvalue weighted by Crippen LogP contribution is 2.16. The normalized spacial score (nSPS) is 18.2. The third-order valence-corrected chi connectivity index (χ3v) is 4.23. The van der Waals surface area contributed by atoms with Gasteiger partial charge in [-0.05, 0) is 25.5 Å². The van der Waals surface area contributed by atoms with Crippen molar-refractivity contribution in [3.8, 4) is 0 Å². The van der Waals surface area contributed by atoms with Crippen molar-refractivity contribution >= 4 is 51.8 Å². The van der Waals surface area contributed by atoms with Gasteiger partial charge in [0, 0.05) is 42.6 Å². The van der Waals surface area contributed by atoms with E-state index in [4.69, 9.17) is 0 Å². The van der Waals surface area contributed by atoms with Gasteiger partial charge in [-0.1, -0.05) is 22.0 Å². The van der Waals surface area contributed by atoms with E-state index in [0.717, 1.165) is 13.0 Å². The molecule has 1 atom stereocenters. The van der Waals surface area contributed by atoms with Crippen LogP contribution in [-0.2, 0) is 11.3 Å². The molecule has 0 bridgehead atoms. The zero-order chi connectivity index (χ0) is 16.8. The van der Waals surface area contributed by atoms with E-state index in [1.54, 1.807) is 24.1 Å². The van der Waals surface area contributed by atoms with Crippen molar-refractivity contribution in [1.29, 1.82) is 0 Å². The zero-order valence-electron chi connectivity index (χ0n) is 13.8. The third kappa shape index (κ3) is 6.19. The van der Waals surface area contributed by atoms with Gasteiger partial charge < -0.3 is 15.5 Å². The molecule has 134 valence electrons. The van der Waals surface area contributed by atoms with Crippen molar-refractivity contribution in [2.24, 2.45) is 4.99 Å². The van der Waals surface area contributed by atoms with Crippen LogP contribution in [0, 0.1) is 5.82 Å². The first kappa shape index (κ1) is 21.1. The summed E-state index contributed by atoms with van der Waals surface area (Å²) in [5.74, 6) is 0.534. The highest BCUT2D eigenvalue weighted by molar-refractivity contribution is 14.0. The van der Waals surface area contributed by atoms with Crippen LogP contribution in [0.3, 0.4) is 0 Å². The second kappa shape index (κ2) is 10.2. The number of hydrogen-bond donors (Lipinski definition) is 2. The van der Waals surface area contributed by atoms with Crippen molar-refractivity contribution < 1.29 is 9.18 Å². The van der Waals surface area contributed by atoms with E-state index in [9.17, 15) is 9.18 Å². The Morgan fingerprint density at radius 3 is 2.88 bits per heavy atom. The first-order valence-corrected chi connectivity index (χ1v) is 8.51. The van der Waals surface area contributed by atoms with Crippen LogP contribution in [0.4, 0.5) is 4.39 Å². The molecule has 8 heteroatoms. The molecule has 0 spiro atoms. The average Bonchev–Trinajstić information content (AvgIpc) is 2.50. The number of likely N-dealkylation sites (N-methyl/N-ethyl adjacent to an activating group) is 1. The van der Waals surface area contributed by atoms with Gasteiger partial charge in [0.2, 0.25) is 5.91 Å². The van der Waals surface area contributed by atoms with Crippen molar-refractivity contribution in [2.45, 2.75) is 32.4 Å². The van der Waals surface area contributed by atoms with Crippen LogP contribution < -0.4 is 10.6 Å². The smallest absolute Gasteiger partial charge is 0.222 e. The Kier molecular flexibility index (Phi) is 8.96. The molecule has 1 amide bonds. The molecule has 1 aliphatic heterocycles. The van der Waals surface area contributed by atoms with Gasteiger partial charge in [0.25, 0.3) is 0 Å². The summed E-state index contributed by atoms with van der Waals surface area (Å²) in [5, 5.41) is 6.48. The number of nitrogens with one attached hydrogen (secondary N) is 2. The van der Waals surface area contributed by atoms with Crippen LogP contribution in [0.1, 0.15) is 25.3 Å². The van der Waals surface area contributed by atoms with Crippen molar-refractivity contribution in [3.63, 3.8) is 0 Å². The van der Waals surface area contributed by atoms with E-state index in [1.807, 2.05) is 6.92 Å². The summed E-state index contributed by atoms with van der Waals surface area (Å²) in [4.78, 5) is 17.7. The molecule has 1 unspecified atom stereocenters. The molecular weight excluding hydrogens is 490 g/mol. The second-order valence-corrected chi connectivity index (χ2v) is 6.50. The molecule has 1 fully saturated rings. The molecule has 1 aromatic carbocycles. The average molecular weight is 513 g/mol. The van der Waals surface area contributed by atoms with Crippen LogP contribution in [0.5, 0.6) is 0 Å². The van der Waals surface area contributed by atoms with E-state index in [-0.39, 0.29) is 48.3 Å². The van der Waals surface area contributed by atoms with Gasteiger partial charge in [-0.3, -0.25) is 4.79 Å². The number of rotatable bonds is 4. The molecule has 24 heavy (non-hydrogen) atoms. The molecule has 0 aromatic heterocycles. The van der Waals surface area contributed by atoms with Gasteiger partial charge in [-0.15, -0.1) is 24.0 Å². The van der Waals surface area contributed by atoms with E-state index in [2.05, 4.69) is 31.6 Å². The molecular formula is C16H23BrFIN4O. The minimum atomic E-state index is -0.276. The summed E-state index contributed by atoms with van der Waals surface area (Å²) >= 11 is 3.24. The van der Waals surface area contributed by atoms with Gasteiger partial charge in [0.05, 0.1) is 6.54 Å². The summed E-state index contributed by atoms with van der Waals surface area (Å²) < 4.78 is 14.6. The fourth-order valence-electron chi connectivity index (χ4n) is 2.46. The predicted octanol–water partition coefficient (Wildman–Crippen LogP) is 2.88. The monoisotopic (exact) mass is 512 g/mol. The third-order valence-electron chi connectivity index (χ3n) is 3.73. The van der Waals surface area contributed by atoms with Crippen LogP contribution in [0.25, 0.3) is 0 Å². The zero-order valence-corrected chi connectivity index (χ0v) is 17.7. The lowest BCUT2D eigenvalue weighted by Crippen LogP contribution is -2.51. The topological polar surface area (TPSA) is 56.7 Å². The molecule has 2 N–H and O–H groups in total. The van der Waals surface area contributed by atoms with Crippen molar-refractivity contribution in [3.05, 3.63) is 34.1 Å². The summed E-state index contributed by atoms with van der Waals surface area (Å²) in [6.07, 6.45) is 1.31. The predicted molar refractivity (Wildman–Crippen MR) is 108 cm³/mol. The lowest BCUT2D eigenvalue weighted by atomic mass is 10.1. The molecule has 0 aliphatic carbocycles. The summed E-state index contributed by atoms with van der Waals surface area (Å²) in [5.41, 5.74) is 0.543. The number of halogens is 3. The number of aliphatic imine (C=N–C) groups is 1. The van der Waals surface area contributed by atoms with Crippen LogP contribution in [0.15, 0.2) is 27.7 Å². The lowest BCUT2D eigenvalue weighted by molar-refractivity contribution is -0.132. The molecule has 1 aromatic rings. The largest absolute Gasteiger partial charge is 0.357 e. The maximum Gasteiger partial charge on any atom is 0.222 e. The fourth-order valence-corrected chi connectivity index (χ4v) is 2.79. The molecule has 0 saturated carbocycles. The minimum Gasteiger partial charge on any atom is -0.357 e. The minimum absolute atomic E-state index is 0. The van der Waals surface area contributed by atoms with E-state index in [1.165, 1.54) is 6.07 Å². The molecule has 5 nitrogen and oxygen atoms in total. The maximum absolute atomic E-state index is 13.9. The SMILES string of the molecule is CCNC(=NCc1ccc(Br)cc1F)NC1CCC(=O)N(C)C1.I. The lowest BCUT2D eigenvalue weighted by Gasteiger charge is -2.31. The highest BCUT2D eigenvalue weighted by atomic mass is 127. The quantitative estimate of drug-likeness (QED) is 0.370. The number of benzene rings is 1. The molecule has 2 rings (SSSR count). The Balaban J connectivity index is 0.00000288. The van der Waals surface area contributed by atoms with Crippen LogP contribution in [-0.4, -0.2) is 42.9 Å². The molecule has 0 radical (unpaired) electrons. The first-order valence-electron chi connectivity index (χ1n) is 7.72. The van der Waals surface area contributed by atoms with Gasteiger partial charge in [0.1, 0.15) is 5.82 Å². The standard InChI is InChI=1S/C16H22BrFN4O.HI/c1-3-19-16(21-13-6-7-15(23)22(2)10-13)20-9-11-4-5-12(17)8-14(11)18;/h4-5,8,13H,3,6-7,9-10H2,1-2H3,(H2,19,20,21);1H. The molecule has 1 heterocycles. The van der Waals surface area contributed by atoms with Gasteiger partial charge >= 0.3 is 0 Å². The van der Waals surface area contributed by atoms with E-state index in [0.29, 0.717) is 29.0 Å². The summed E-state index contributed by atoms with van der Waals surface area (Å²) in [6, 6.07) is 5.12. The van der Waals surface area contributed by atoms with E-state index >= 15 is 0 Å². The van der Waals surface area contributed by atoms with Gasteiger partial charge in [-0.25, -0.2) is 9.38 Å². The summed E-state index contributed by atoms with van der Waals surface area (Å²) in [7, 11) is 1.80. The number of carbonyl (C=O) groups is 1. The Morgan fingerprint density at radius 2 is 2.25 bits per heavy atom. The molecule has 1 aliphatic rings. The second-order valence-electron chi connectivity index (χ2n) is 5.59. The van der Waals surface area contributed by atoms with Gasteiger partial charge in [-0.2, -0.15) is 0 Å². The highest BCUT2D eigenvalue weighted by Gasteiger charge is 2.23. The maximum atomic E-state index is 13.9. The number of amides is 1.